The number of hydrogen-bond donors (Lipinski definition) is 1. The van der Waals surface area contributed by atoms with Crippen LogP contribution in [0, 0.1) is 0 Å². The van der Waals surface area contributed by atoms with Crippen LogP contribution in [0.3, 0.4) is 0 Å². The van der Waals surface area contributed by atoms with E-state index in [1.165, 1.54) is 23.1 Å². The molecule has 0 atom stereocenters. The molecule has 0 spiro atoms. The number of carbonyl (C=O) groups is 1. The minimum Gasteiger partial charge on any atom is -0.385 e. The van der Waals surface area contributed by atoms with Gasteiger partial charge in [-0.15, -0.1) is 23.1 Å². The predicted molar refractivity (Wildman–Crippen MR) is 113 cm³/mol. The van der Waals surface area contributed by atoms with Crippen LogP contribution < -0.4 is 5.32 Å². The minimum absolute atomic E-state index is 0.232. The molecule has 3 rings (SSSR count). The summed E-state index contributed by atoms with van der Waals surface area (Å²) in [5.74, 6) is 0.0445. The van der Waals surface area contributed by atoms with Gasteiger partial charge in [-0.3, -0.25) is 4.79 Å². The van der Waals surface area contributed by atoms with Gasteiger partial charge in [0.15, 0.2) is 6.61 Å². The lowest BCUT2D eigenvalue weighted by Crippen LogP contribution is -2.29. The van der Waals surface area contributed by atoms with E-state index >= 15 is 0 Å². The number of para-hydroxylation sites is 1. The summed E-state index contributed by atoms with van der Waals surface area (Å²) in [6, 6.07) is 11.5. The van der Waals surface area contributed by atoms with Crippen molar-refractivity contribution >= 4 is 45.6 Å². The normalized spacial score (nSPS) is 12.2. The number of amides is 1. The van der Waals surface area contributed by atoms with Crippen molar-refractivity contribution in [1.82, 2.24) is 10.3 Å². The maximum Gasteiger partial charge on any atom is 0.433 e. The molecule has 158 valence electrons. The molecule has 1 N–H and O–H groups in total. The molecule has 1 amide bonds. The van der Waals surface area contributed by atoms with Crippen molar-refractivity contribution in [2.24, 2.45) is 5.16 Å². The Morgan fingerprint density at radius 2 is 2.07 bits per heavy atom. The summed E-state index contributed by atoms with van der Waals surface area (Å²) in [6.07, 6.45) is -4.52. The third-order valence-electron chi connectivity index (χ3n) is 3.93. The van der Waals surface area contributed by atoms with Crippen LogP contribution in [0.2, 0.25) is 0 Å². The van der Waals surface area contributed by atoms with E-state index in [0.29, 0.717) is 21.7 Å². The molecule has 0 radical (unpaired) electrons. The molecular formula is C20H18F3N3O2S2. The maximum atomic E-state index is 13.1. The van der Waals surface area contributed by atoms with E-state index in [-0.39, 0.29) is 24.6 Å². The quantitative estimate of drug-likeness (QED) is 0.227. The van der Waals surface area contributed by atoms with Crippen molar-refractivity contribution in [2.45, 2.75) is 18.0 Å². The van der Waals surface area contributed by atoms with Crippen molar-refractivity contribution in [3.8, 4) is 0 Å². The number of carbonyl (C=O) groups excluding carboxylic acids is 1. The molecule has 0 fully saturated rings. The number of thioether (sulfide) groups is 1. The van der Waals surface area contributed by atoms with Gasteiger partial charge in [0.1, 0.15) is 5.69 Å². The van der Waals surface area contributed by atoms with Gasteiger partial charge in [0.25, 0.3) is 5.91 Å². The number of benzene rings is 1. The van der Waals surface area contributed by atoms with Crippen LogP contribution in [-0.2, 0) is 15.8 Å². The zero-order chi connectivity index (χ0) is 21.6. The molecule has 10 heteroatoms. The smallest absolute Gasteiger partial charge is 0.385 e. The molecule has 2 aromatic heterocycles. The third-order valence-corrected chi connectivity index (χ3v) is 5.96. The van der Waals surface area contributed by atoms with Gasteiger partial charge in [-0.05, 0) is 30.5 Å². The Kier molecular flexibility index (Phi) is 7.33. The summed E-state index contributed by atoms with van der Waals surface area (Å²) in [4.78, 5) is 22.0. The fourth-order valence-corrected chi connectivity index (χ4v) is 4.14. The number of aromatic nitrogens is 1. The van der Waals surface area contributed by atoms with E-state index in [9.17, 15) is 18.0 Å². The van der Waals surface area contributed by atoms with Crippen molar-refractivity contribution in [2.75, 3.05) is 18.9 Å². The van der Waals surface area contributed by atoms with Gasteiger partial charge in [-0.1, -0.05) is 29.4 Å². The Bertz CT molecular complexity index is 1040. The fraction of sp³-hybridized carbons (Fsp3) is 0.250. The number of fused-ring (bicyclic) bond motifs is 1. The number of pyridine rings is 1. The first kappa shape index (κ1) is 22.1. The lowest BCUT2D eigenvalue weighted by atomic mass is 10.2. The molecule has 0 aliphatic heterocycles. The van der Waals surface area contributed by atoms with E-state index in [1.54, 1.807) is 31.2 Å². The van der Waals surface area contributed by atoms with Crippen LogP contribution in [0.5, 0.6) is 0 Å². The first-order valence-corrected chi connectivity index (χ1v) is 10.8. The number of alkyl halides is 3. The number of halogens is 3. The number of hydrogen-bond acceptors (Lipinski definition) is 6. The second-order valence-electron chi connectivity index (χ2n) is 6.15. The second kappa shape index (κ2) is 9.94. The Morgan fingerprint density at radius 3 is 2.80 bits per heavy atom. The molecule has 1 aromatic carbocycles. The van der Waals surface area contributed by atoms with Gasteiger partial charge in [0.05, 0.1) is 16.1 Å². The van der Waals surface area contributed by atoms with Crippen LogP contribution in [-0.4, -0.2) is 35.5 Å². The van der Waals surface area contributed by atoms with Crippen molar-refractivity contribution in [3.63, 3.8) is 0 Å². The lowest BCUT2D eigenvalue weighted by Gasteiger charge is -2.11. The van der Waals surface area contributed by atoms with E-state index in [2.05, 4.69) is 15.5 Å². The Morgan fingerprint density at radius 1 is 1.27 bits per heavy atom. The van der Waals surface area contributed by atoms with E-state index in [1.807, 2.05) is 17.5 Å². The van der Waals surface area contributed by atoms with Crippen molar-refractivity contribution < 1.29 is 22.8 Å². The summed E-state index contributed by atoms with van der Waals surface area (Å²) in [5.41, 5.74) is 0.0322. The first-order chi connectivity index (χ1) is 14.3. The van der Waals surface area contributed by atoms with Crippen LogP contribution in [0.25, 0.3) is 10.9 Å². The number of thiophene rings is 1. The van der Waals surface area contributed by atoms with Crippen LogP contribution >= 0.6 is 23.1 Å². The highest BCUT2D eigenvalue weighted by atomic mass is 32.2. The molecule has 2 heterocycles. The monoisotopic (exact) mass is 453 g/mol. The average Bonchev–Trinajstić information content (AvgIpc) is 3.25. The van der Waals surface area contributed by atoms with Gasteiger partial charge in [0.2, 0.25) is 0 Å². The SMILES string of the molecule is CC(=NOCC(=O)NCCSc1cc(C(F)(F)F)nc2ccccc12)c1cccs1. The molecule has 5 nitrogen and oxygen atoms in total. The Labute approximate surface area is 179 Å². The van der Waals surface area contributed by atoms with E-state index < -0.39 is 11.9 Å². The largest absolute Gasteiger partial charge is 0.433 e. The number of nitrogens with one attached hydrogen (secondary N) is 1. The van der Waals surface area contributed by atoms with Crippen LogP contribution in [0.4, 0.5) is 13.2 Å². The molecule has 0 aliphatic rings. The number of oxime groups is 1. The molecule has 0 saturated heterocycles. The summed E-state index contributed by atoms with van der Waals surface area (Å²) < 4.78 is 39.3. The van der Waals surface area contributed by atoms with E-state index in [4.69, 9.17) is 4.84 Å². The van der Waals surface area contributed by atoms with Gasteiger partial charge in [0, 0.05) is 22.6 Å². The predicted octanol–water partition coefficient (Wildman–Crippen LogP) is 4.96. The molecule has 0 bridgehead atoms. The summed E-state index contributed by atoms with van der Waals surface area (Å²) in [5, 5.41) is 9.12. The maximum absolute atomic E-state index is 13.1. The van der Waals surface area contributed by atoms with Gasteiger partial charge in [-0.2, -0.15) is 13.2 Å². The van der Waals surface area contributed by atoms with Crippen molar-refractivity contribution in [3.05, 3.63) is 58.4 Å². The Balaban J connectivity index is 1.51. The molecule has 0 unspecified atom stereocenters. The third kappa shape index (κ3) is 5.96. The fourth-order valence-electron chi connectivity index (χ4n) is 2.53. The van der Waals surface area contributed by atoms with E-state index in [0.717, 1.165) is 10.9 Å². The number of nitrogens with zero attached hydrogens (tertiary/aromatic N) is 2. The van der Waals surface area contributed by atoms with Crippen LogP contribution in [0.1, 0.15) is 17.5 Å². The molecule has 3 aromatic rings. The topological polar surface area (TPSA) is 63.6 Å². The molecule has 0 aliphatic carbocycles. The second-order valence-corrected chi connectivity index (χ2v) is 8.23. The van der Waals surface area contributed by atoms with Gasteiger partial charge >= 0.3 is 6.18 Å². The Hall–Kier alpha value is -2.59. The highest BCUT2D eigenvalue weighted by Crippen LogP contribution is 2.34. The van der Waals surface area contributed by atoms with Gasteiger partial charge < -0.3 is 10.2 Å². The first-order valence-electron chi connectivity index (χ1n) is 8.91. The highest BCUT2D eigenvalue weighted by molar-refractivity contribution is 7.99. The lowest BCUT2D eigenvalue weighted by molar-refractivity contribution is -0.141. The molecular weight excluding hydrogens is 435 g/mol. The highest BCUT2D eigenvalue weighted by Gasteiger charge is 2.33. The average molecular weight is 454 g/mol. The summed E-state index contributed by atoms with van der Waals surface area (Å²) in [7, 11) is 0. The van der Waals surface area contributed by atoms with Gasteiger partial charge in [-0.25, -0.2) is 4.98 Å². The standard InChI is InChI=1S/C20H18F3N3O2S2/c1-13(16-7-4-9-29-16)26-28-12-19(27)24-8-10-30-17-11-18(20(21,22)23)25-15-6-3-2-5-14(15)17/h2-7,9,11H,8,10,12H2,1H3,(H,24,27). The molecule has 0 saturated carbocycles. The van der Waals surface area contributed by atoms with Crippen LogP contribution in [0.15, 0.2) is 57.9 Å². The zero-order valence-electron chi connectivity index (χ0n) is 15.9. The number of rotatable bonds is 8. The summed E-state index contributed by atoms with van der Waals surface area (Å²) in [6.45, 7) is 1.83. The summed E-state index contributed by atoms with van der Waals surface area (Å²) >= 11 is 2.75. The molecule has 30 heavy (non-hydrogen) atoms. The zero-order valence-corrected chi connectivity index (χ0v) is 17.5. The van der Waals surface area contributed by atoms with Crippen molar-refractivity contribution in [1.29, 1.82) is 0 Å². The minimum atomic E-state index is -4.52.